The minimum atomic E-state index is -4.22. The largest absolute Gasteiger partial charge is 0.492 e. The van der Waals surface area contributed by atoms with Crippen LogP contribution in [-0.2, 0) is 16.6 Å². The summed E-state index contributed by atoms with van der Waals surface area (Å²) in [7, 11) is -4.22. The smallest absolute Gasteiger partial charge is 0.299 e. The number of nitrogens with two attached hydrogens (primary N) is 1. The van der Waals surface area contributed by atoms with Gasteiger partial charge >= 0.3 is 0 Å². The summed E-state index contributed by atoms with van der Waals surface area (Å²) in [5.74, 6) is -0.256. The predicted octanol–water partition coefficient (Wildman–Crippen LogP) is 4.16. The third-order valence-electron chi connectivity index (χ3n) is 5.40. The fourth-order valence-corrected chi connectivity index (χ4v) is 6.45. The second-order valence-electron chi connectivity index (χ2n) is 7.87. The highest BCUT2D eigenvalue weighted by Gasteiger charge is 2.22. The maximum absolute atomic E-state index is 14.0. The zero-order chi connectivity index (χ0) is 26.0. The number of amides is 1. The molecule has 3 heterocycles. The lowest BCUT2D eigenvalue weighted by Gasteiger charge is -2.06. The first kappa shape index (κ1) is 25.9. The van der Waals surface area contributed by atoms with Gasteiger partial charge in [0.15, 0.2) is 0 Å². The molecule has 0 aliphatic rings. The summed E-state index contributed by atoms with van der Waals surface area (Å²) >= 11 is 2.69. The molecule has 0 aliphatic heterocycles. The van der Waals surface area contributed by atoms with Crippen LogP contribution in [0.25, 0.3) is 20.7 Å². The summed E-state index contributed by atoms with van der Waals surface area (Å²) in [6.45, 7) is 6.45. The van der Waals surface area contributed by atoms with E-state index in [1.54, 1.807) is 42.0 Å². The maximum Gasteiger partial charge on any atom is 0.299 e. The van der Waals surface area contributed by atoms with Gasteiger partial charge in [0.2, 0.25) is 0 Å². The number of hydrogen-bond donors (Lipinski definition) is 3. The molecule has 0 spiro atoms. The number of anilines is 1. The van der Waals surface area contributed by atoms with Crippen LogP contribution in [0.2, 0.25) is 0 Å². The van der Waals surface area contributed by atoms with Crippen molar-refractivity contribution in [3.63, 3.8) is 0 Å². The van der Waals surface area contributed by atoms with E-state index >= 15 is 0 Å². The first-order valence-electron chi connectivity index (χ1n) is 10.9. The third kappa shape index (κ3) is 5.64. The monoisotopic (exact) mass is 549 g/mol. The van der Waals surface area contributed by atoms with Crippen molar-refractivity contribution in [3.05, 3.63) is 57.3 Å². The number of thiophene rings is 2. The molecule has 3 aromatic heterocycles. The van der Waals surface area contributed by atoms with E-state index in [9.17, 15) is 17.6 Å². The first-order chi connectivity index (χ1) is 17.1. The number of hydrogen-bond acceptors (Lipinski definition) is 9. The lowest BCUT2D eigenvalue weighted by molar-refractivity contribution is 0.0982. The van der Waals surface area contributed by atoms with Crippen LogP contribution in [0.4, 0.5) is 10.2 Å². The van der Waals surface area contributed by atoms with Gasteiger partial charge in [0, 0.05) is 33.6 Å². The summed E-state index contributed by atoms with van der Waals surface area (Å²) in [4.78, 5) is 22.8. The Morgan fingerprint density at radius 3 is 2.67 bits per heavy atom. The molecule has 0 saturated carbocycles. The van der Waals surface area contributed by atoms with Crippen molar-refractivity contribution in [2.45, 2.75) is 27.2 Å². The van der Waals surface area contributed by atoms with Crippen LogP contribution < -0.4 is 19.9 Å². The fourth-order valence-electron chi connectivity index (χ4n) is 3.79. The van der Waals surface area contributed by atoms with Gasteiger partial charge in [-0.25, -0.2) is 24.2 Å². The molecule has 0 bridgehead atoms. The molecule has 0 atom stereocenters. The Bertz CT molecular complexity index is 1550. The number of nitrogens with zero attached hydrogens (tertiary/aromatic N) is 2. The van der Waals surface area contributed by atoms with E-state index in [2.05, 4.69) is 15.3 Å². The van der Waals surface area contributed by atoms with Gasteiger partial charge in [-0.2, -0.15) is 8.42 Å². The van der Waals surface area contributed by atoms with Crippen LogP contribution >= 0.6 is 22.7 Å². The Hall–Kier alpha value is -3.13. The van der Waals surface area contributed by atoms with Crippen LogP contribution in [0.5, 0.6) is 5.75 Å². The predicted molar refractivity (Wildman–Crippen MR) is 141 cm³/mol. The molecule has 13 heteroatoms. The molecule has 190 valence electrons. The minimum absolute atomic E-state index is 0.0703. The first-order valence-corrected chi connectivity index (χ1v) is 14.1. The summed E-state index contributed by atoms with van der Waals surface area (Å²) in [6, 6.07) is 6.68. The third-order valence-corrected chi connectivity index (χ3v) is 8.33. The van der Waals surface area contributed by atoms with E-state index in [0.717, 1.165) is 33.4 Å². The second-order valence-corrected chi connectivity index (χ2v) is 11.4. The lowest BCUT2D eigenvalue weighted by Crippen LogP contribution is -2.35. The second kappa shape index (κ2) is 10.5. The standard InChI is InChI=1S/C23H24FN5O4S3/c1-4-33-16-10-19(35-22(16)23(30)29-36(25,31)32)15-9-20(28-11-27-15)26-8-7-17-13(3)21-12(2)14(24)5-6-18(21)34-17/h5-6,9-11H,4,7-8H2,1-3H3,(H,29,30)(H2,25,31,32)(H,26,27,28). The maximum atomic E-state index is 14.0. The zero-order valence-corrected chi connectivity index (χ0v) is 22.2. The molecule has 4 N–H and O–H groups in total. The van der Waals surface area contributed by atoms with Gasteiger partial charge in [0.25, 0.3) is 16.1 Å². The number of rotatable bonds is 9. The molecule has 1 aromatic carbocycles. The quantitative estimate of drug-likeness (QED) is 0.285. The zero-order valence-electron chi connectivity index (χ0n) is 19.7. The average molecular weight is 550 g/mol. The number of ether oxygens (including phenoxy) is 1. The Morgan fingerprint density at radius 2 is 1.94 bits per heavy atom. The van der Waals surface area contributed by atoms with Gasteiger partial charge in [0.1, 0.15) is 28.6 Å². The van der Waals surface area contributed by atoms with Crippen molar-refractivity contribution in [1.29, 1.82) is 0 Å². The Kier molecular flexibility index (Phi) is 7.54. The van der Waals surface area contributed by atoms with Crippen LogP contribution in [-0.4, -0.2) is 37.4 Å². The van der Waals surface area contributed by atoms with Crippen LogP contribution in [0.15, 0.2) is 30.6 Å². The molecule has 0 unspecified atom stereocenters. The van der Waals surface area contributed by atoms with E-state index in [1.807, 2.05) is 13.0 Å². The molecule has 0 aliphatic carbocycles. The number of carbonyl (C=O) groups excluding carboxylic acids is 1. The molecule has 1 amide bonds. The number of aryl methyl sites for hydroxylation is 2. The number of nitrogens with one attached hydrogen (secondary N) is 2. The average Bonchev–Trinajstić information content (AvgIpc) is 3.38. The van der Waals surface area contributed by atoms with E-state index in [-0.39, 0.29) is 23.1 Å². The number of aromatic nitrogens is 2. The van der Waals surface area contributed by atoms with Crippen molar-refractivity contribution in [1.82, 2.24) is 14.7 Å². The normalized spacial score (nSPS) is 11.6. The molecule has 4 aromatic rings. The SMILES string of the molecule is CCOc1cc(-c2cc(NCCc3sc4ccc(F)c(C)c4c3C)ncn2)sc1C(=O)NS(N)(=O)=O. The minimum Gasteiger partial charge on any atom is -0.492 e. The molecular formula is C23H24FN5O4S3. The summed E-state index contributed by atoms with van der Waals surface area (Å²) in [5.41, 5.74) is 2.29. The van der Waals surface area contributed by atoms with Crippen molar-refractivity contribution >= 4 is 54.7 Å². The molecule has 36 heavy (non-hydrogen) atoms. The number of fused-ring (bicyclic) bond motifs is 1. The van der Waals surface area contributed by atoms with E-state index < -0.39 is 16.1 Å². The van der Waals surface area contributed by atoms with E-state index in [4.69, 9.17) is 9.88 Å². The van der Waals surface area contributed by atoms with Gasteiger partial charge < -0.3 is 10.1 Å². The van der Waals surface area contributed by atoms with Crippen molar-refractivity contribution < 1.29 is 22.3 Å². The van der Waals surface area contributed by atoms with Crippen molar-refractivity contribution in [2.24, 2.45) is 5.14 Å². The van der Waals surface area contributed by atoms with E-state index in [1.165, 1.54) is 17.3 Å². The Balaban J connectivity index is 1.51. The topological polar surface area (TPSA) is 136 Å². The van der Waals surface area contributed by atoms with Crippen molar-refractivity contribution in [2.75, 3.05) is 18.5 Å². The van der Waals surface area contributed by atoms with Crippen molar-refractivity contribution in [3.8, 4) is 16.3 Å². The summed E-state index contributed by atoms with van der Waals surface area (Å²) < 4.78 is 44.9. The molecule has 4 rings (SSSR count). The number of halogens is 1. The van der Waals surface area contributed by atoms with Crippen LogP contribution in [0.3, 0.4) is 0 Å². The molecule has 0 fully saturated rings. The van der Waals surface area contributed by atoms with Crippen LogP contribution in [0.1, 0.15) is 32.6 Å². The highest BCUT2D eigenvalue weighted by molar-refractivity contribution is 7.87. The lowest BCUT2D eigenvalue weighted by atomic mass is 10.1. The number of benzene rings is 1. The van der Waals surface area contributed by atoms with Gasteiger partial charge in [-0.3, -0.25) is 4.79 Å². The Morgan fingerprint density at radius 1 is 1.17 bits per heavy atom. The van der Waals surface area contributed by atoms with Gasteiger partial charge in [-0.1, -0.05) is 0 Å². The van der Waals surface area contributed by atoms with Gasteiger partial charge in [-0.05, 0) is 50.5 Å². The van der Waals surface area contributed by atoms with Gasteiger partial charge in [-0.15, -0.1) is 22.7 Å². The van der Waals surface area contributed by atoms with Gasteiger partial charge in [0.05, 0.1) is 17.2 Å². The van der Waals surface area contributed by atoms with Crippen LogP contribution in [0, 0.1) is 19.7 Å². The molecular weight excluding hydrogens is 525 g/mol. The molecule has 0 saturated heterocycles. The summed E-state index contributed by atoms with van der Waals surface area (Å²) in [6.07, 6.45) is 2.13. The highest BCUT2D eigenvalue weighted by Crippen LogP contribution is 2.37. The number of carbonyl (C=O) groups is 1. The fraction of sp³-hybridized carbons (Fsp3) is 0.261. The molecule has 9 nitrogen and oxygen atoms in total. The molecule has 0 radical (unpaired) electrons. The highest BCUT2D eigenvalue weighted by atomic mass is 32.2. The Labute approximate surface area is 215 Å². The summed E-state index contributed by atoms with van der Waals surface area (Å²) in [5, 5.41) is 9.19. The van der Waals surface area contributed by atoms with E-state index in [0.29, 0.717) is 28.5 Å².